The zero-order valence-corrected chi connectivity index (χ0v) is 11.6. The van der Waals surface area contributed by atoms with Crippen LogP contribution >= 0.6 is 0 Å². The minimum atomic E-state index is -0.563. The van der Waals surface area contributed by atoms with Gasteiger partial charge in [0.25, 0.3) is 0 Å². The molecule has 1 atom stereocenters. The van der Waals surface area contributed by atoms with Gasteiger partial charge in [0.1, 0.15) is 0 Å². The Hall–Kier alpha value is -0.610. The number of hydrogen-bond donors (Lipinski definition) is 1. The van der Waals surface area contributed by atoms with E-state index < -0.39 is 5.54 Å². The number of esters is 1. The smallest absolute Gasteiger partial charge is 0.310 e. The second-order valence-corrected chi connectivity index (χ2v) is 6.06. The molecule has 0 aromatic carbocycles. The molecule has 0 bridgehead atoms. The summed E-state index contributed by atoms with van der Waals surface area (Å²) in [7, 11) is 0. The van der Waals surface area contributed by atoms with Gasteiger partial charge in [-0.3, -0.25) is 4.79 Å². The lowest BCUT2D eigenvalue weighted by atomic mass is 9.87. The van der Waals surface area contributed by atoms with Gasteiger partial charge in [-0.25, -0.2) is 0 Å². The highest BCUT2D eigenvalue weighted by Gasteiger charge is 2.54. The SMILES string of the molecule is CCCCOC(=O)C1CC(C)(C)N(O)C1(C)C. The van der Waals surface area contributed by atoms with Crippen molar-refractivity contribution in [2.45, 2.75) is 65.0 Å². The summed E-state index contributed by atoms with van der Waals surface area (Å²) in [5.41, 5.74) is -0.940. The van der Waals surface area contributed by atoms with Gasteiger partial charge in [0, 0.05) is 5.54 Å². The van der Waals surface area contributed by atoms with Crippen LogP contribution in [0.5, 0.6) is 0 Å². The molecule has 4 nitrogen and oxygen atoms in total. The number of hydroxylamine groups is 2. The Morgan fingerprint density at radius 2 is 2.00 bits per heavy atom. The molecule has 1 unspecified atom stereocenters. The summed E-state index contributed by atoms with van der Waals surface area (Å²) in [6.07, 6.45) is 2.53. The quantitative estimate of drug-likeness (QED) is 0.609. The summed E-state index contributed by atoms with van der Waals surface area (Å²) >= 11 is 0. The fourth-order valence-corrected chi connectivity index (χ4v) is 2.55. The van der Waals surface area contributed by atoms with Crippen LogP contribution in [0.25, 0.3) is 0 Å². The lowest BCUT2D eigenvalue weighted by Crippen LogP contribution is -2.48. The van der Waals surface area contributed by atoms with Crippen molar-refractivity contribution in [3.05, 3.63) is 0 Å². The summed E-state index contributed by atoms with van der Waals surface area (Å²) < 4.78 is 5.27. The van der Waals surface area contributed by atoms with Crippen LogP contribution in [0.2, 0.25) is 0 Å². The maximum Gasteiger partial charge on any atom is 0.310 e. The molecule has 4 heteroatoms. The van der Waals surface area contributed by atoms with Crippen LogP contribution in [0, 0.1) is 5.92 Å². The highest BCUT2D eigenvalue weighted by Crippen LogP contribution is 2.43. The largest absolute Gasteiger partial charge is 0.465 e. The maximum absolute atomic E-state index is 12.0. The van der Waals surface area contributed by atoms with E-state index in [9.17, 15) is 10.0 Å². The Labute approximate surface area is 104 Å². The minimum absolute atomic E-state index is 0.187. The molecule has 1 saturated heterocycles. The molecule has 1 fully saturated rings. The monoisotopic (exact) mass is 243 g/mol. The Bertz CT molecular complexity index is 286. The van der Waals surface area contributed by atoms with Crippen molar-refractivity contribution in [2.75, 3.05) is 6.61 Å². The molecule has 0 aliphatic carbocycles. The number of carbonyl (C=O) groups is 1. The molecule has 0 aromatic rings. The topological polar surface area (TPSA) is 49.8 Å². The summed E-state index contributed by atoms with van der Waals surface area (Å²) in [6.45, 7) is 10.2. The molecule has 0 spiro atoms. The minimum Gasteiger partial charge on any atom is -0.465 e. The van der Waals surface area contributed by atoms with Crippen molar-refractivity contribution >= 4 is 5.97 Å². The van der Waals surface area contributed by atoms with E-state index in [0.717, 1.165) is 12.8 Å². The van der Waals surface area contributed by atoms with E-state index in [2.05, 4.69) is 6.92 Å². The van der Waals surface area contributed by atoms with E-state index in [0.29, 0.717) is 13.0 Å². The number of unbranched alkanes of at least 4 members (excludes halogenated alkanes) is 1. The molecule has 0 saturated carbocycles. The van der Waals surface area contributed by atoms with Gasteiger partial charge < -0.3 is 9.94 Å². The lowest BCUT2D eigenvalue weighted by Gasteiger charge is -2.35. The second kappa shape index (κ2) is 4.94. The van der Waals surface area contributed by atoms with Crippen LogP contribution in [0.3, 0.4) is 0 Å². The van der Waals surface area contributed by atoms with Gasteiger partial charge in [-0.05, 0) is 40.5 Å². The van der Waals surface area contributed by atoms with Crippen molar-refractivity contribution in [1.82, 2.24) is 5.06 Å². The Morgan fingerprint density at radius 3 is 2.41 bits per heavy atom. The molecule has 0 aromatic heterocycles. The molecular formula is C13H25NO3. The lowest BCUT2D eigenvalue weighted by molar-refractivity contribution is -0.200. The molecule has 1 aliphatic rings. The van der Waals surface area contributed by atoms with Crippen LogP contribution in [0.1, 0.15) is 53.9 Å². The van der Waals surface area contributed by atoms with Crippen molar-refractivity contribution < 1.29 is 14.7 Å². The highest BCUT2D eigenvalue weighted by molar-refractivity contribution is 5.74. The first kappa shape index (κ1) is 14.5. The van der Waals surface area contributed by atoms with E-state index in [-0.39, 0.29) is 17.4 Å². The van der Waals surface area contributed by atoms with Gasteiger partial charge in [-0.15, -0.1) is 0 Å². The van der Waals surface area contributed by atoms with Crippen molar-refractivity contribution in [3.63, 3.8) is 0 Å². The van der Waals surface area contributed by atoms with Crippen LogP contribution in [-0.2, 0) is 9.53 Å². The average Bonchev–Trinajstić information content (AvgIpc) is 2.39. The Morgan fingerprint density at radius 1 is 1.41 bits per heavy atom. The van der Waals surface area contributed by atoms with Crippen LogP contribution < -0.4 is 0 Å². The number of nitrogens with zero attached hydrogens (tertiary/aromatic N) is 1. The molecule has 17 heavy (non-hydrogen) atoms. The van der Waals surface area contributed by atoms with E-state index in [1.54, 1.807) is 0 Å². The van der Waals surface area contributed by atoms with Gasteiger partial charge in [-0.1, -0.05) is 13.3 Å². The predicted molar refractivity (Wildman–Crippen MR) is 65.8 cm³/mol. The molecule has 1 N–H and O–H groups in total. The third kappa shape index (κ3) is 2.80. The van der Waals surface area contributed by atoms with Crippen molar-refractivity contribution in [1.29, 1.82) is 0 Å². The number of rotatable bonds is 4. The maximum atomic E-state index is 12.0. The summed E-state index contributed by atoms with van der Waals surface area (Å²) in [5, 5.41) is 11.4. The van der Waals surface area contributed by atoms with Crippen molar-refractivity contribution in [3.8, 4) is 0 Å². The molecule has 1 aliphatic heterocycles. The number of carbonyl (C=O) groups excluding carboxylic acids is 1. The first-order valence-electron chi connectivity index (χ1n) is 6.39. The third-order valence-electron chi connectivity index (χ3n) is 3.70. The summed E-state index contributed by atoms with van der Waals surface area (Å²) in [4.78, 5) is 12.0. The van der Waals surface area contributed by atoms with Crippen LogP contribution in [0.4, 0.5) is 0 Å². The van der Waals surface area contributed by atoms with E-state index in [1.165, 1.54) is 5.06 Å². The van der Waals surface area contributed by atoms with Crippen LogP contribution in [-0.4, -0.2) is 33.9 Å². The zero-order valence-electron chi connectivity index (χ0n) is 11.6. The first-order chi connectivity index (χ1) is 7.73. The first-order valence-corrected chi connectivity index (χ1v) is 6.39. The third-order valence-corrected chi connectivity index (χ3v) is 3.70. The fraction of sp³-hybridized carbons (Fsp3) is 0.923. The number of ether oxygens (including phenoxy) is 1. The summed E-state index contributed by atoms with van der Waals surface area (Å²) in [5.74, 6) is -0.451. The molecule has 100 valence electrons. The van der Waals surface area contributed by atoms with Gasteiger partial charge in [0.05, 0.1) is 18.1 Å². The molecular weight excluding hydrogens is 218 g/mol. The second-order valence-electron chi connectivity index (χ2n) is 6.06. The van der Waals surface area contributed by atoms with Gasteiger partial charge in [0.2, 0.25) is 0 Å². The number of hydrogen-bond acceptors (Lipinski definition) is 4. The average molecular weight is 243 g/mol. The normalized spacial score (nSPS) is 27.1. The van der Waals surface area contributed by atoms with Gasteiger partial charge >= 0.3 is 5.97 Å². The molecule has 1 rings (SSSR count). The van der Waals surface area contributed by atoms with Crippen molar-refractivity contribution in [2.24, 2.45) is 5.92 Å². The highest BCUT2D eigenvalue weighted by atomic mass is 16.5. The van der Waals surface area contributed by atoms with E-state index >= 15 is 0 Å². The fourth-order valence-electron chi connectivity index (χ4n) is 2.55. The zero-order chi connectivity index (χ0) is 13.3. The Balaban J connectivity index is 2.68. The standard InChI is InChI=1S/C13H25NO3/c1-6-7-8-17-11(15)10-9-12(2,3)14(16)13(10,4)5/h10,16H,6-9H2,1-5H3. The van der Waals surface area contributed by atoms with Gasteiger partial charge in [-0.2, -0.15) is 5.06 Å². The molecule has 1 heterocycles. The Kier molecular flexibility index (Phi) is 4.20. The van der Waals surface area contributed by atoms with Gasteiger partial charge in [0.15, 0.2) is 0 Å². The predicted octanol–water partition coefficient (Wildman–Crippen LogP) is 2.60. The van der Waals surface area contributed by atoms with Crippen LogP contribution in [0.15, 0.2) is 0 Å². The molecule has 0 radical (unpaired) electrons. The summed E-state index contributed by atoms with van der Waals surface area (Å²) in [6, 6.07) is 0. The van der Waals surface area contributed by atoms with E-state index in [4.69, 9.17) is 4.74 Å². The molecule has 0 amide bonds. The van der Waals surface area contributed by atoms with E-state index in [1.807, 2.05) is 27.7 Å².